The molecule has 2 atom stereocenters. The molecule has 0 N–H and O–H groups in total. The molecule has 0 aromatic rings. The van der Waals surface area contributed by atoms with Crippen LogP contribution in [0.3, 0.4) is 0 Å². The minimum atomic E-state index is 0.468. The summed E-state index contributed by atoms with van der Waals surface area (Å²) in [6, 6.07) is 0.656. The van der Waals surface area contributed by atoms with E-state index in [9.17, 15) is 0 Å². The van der Waals surface area contributed by atoms with Gasteiger partial charge in [-0.1, -0.05) is 0 Å². The maximum atomic E-state index is 5.68. The highest BCUT2D eigenvalue weighted by Crippen LogP contribution is 2.34. The topological polar surface area (TPSA) is 12.5 Å². The minimum Gasteiger partial charge on any atom is -0.363 e. The first-order valence-electron chi connectivity index (χ1n) is 4.66. The van der Waals surface area contributed by atoms with Crippen LogP contribution in [0.4, 0.5) is 0 Å². The van der Waals surface area contributed by atoms with E-state index in [1.165, 1.54) is 19.4 Å². The number of ether oxygens (including phenoxy) is 1. The lowest BCUT2D eigenvalue weighted by Gasteiger charge is -2.26. The number of hydrogen-bond acceptors (Lipinski definition) is 2. The number of nitrogens with zero attached hydrogens (tertiary/aromatic N) is 1. The molecule has 0 bridgehead atoms. The van der Waals surface area contributed by atoms with Gasteiger partial charge < -0.3 is 4.74 Å². The van der Waals surface area contributed by atoms with Crippen LogP contribution < -0.4 is 0 Å². The Morgan fingerprint density at radius 3 is 2.91 bits per heavy atom. The second-order valence-electron chi connectivity index (χ2n) is 3.93. The van der Waals surface area contributed by atoms with Crippen molar-refractivity contribution in [3.63, 3.8) is 0 Å². The van der Waals surface area contributed by atoms with Crippen LogP contribution in [0.25, 0.3) is 0 Å². The van der Waals surface area contributed by atoms with Gasteiger partial charge in [-0.25, -0.2) is 0 Å². The van der Waals surface area contributed by atoms with Gasteiger partial charge in [0, 0.05) is 25.1 Å². The van der Waals surface area contributed by atoms with Crippen molar-refractivity contribution >= 4 is 0 Å². The minimum absolute atomic E-state index is 0.468. The van der Waals surface area contributed by atoms with Crippen molar-refractivity contribution < 1.29 is 4.74 Å². The zero-order valence-electron chi connectivity index (χ0n) is 7.42. The number of rotatable bonds is 1. The van der Waals surface area contributed by atoms with E-state index < -0.39 is 0 Å². The highest BCUT2D eigenvalue weighted by atomic mass is 16.5. The number of likely N-dealkylation sites (tertiary alicyclic amines) is 1. The molecular weight excluding hydrogens is 138 g/mol. The van der Waals surface area contributed by atoms with Crippen LogP contribution in [-0.4, -0.2) is 30.3 Å². The monoisotopic (exact) mass is 155 g/mol. The highest BCUT2D eigenvalue weighted by Gasteiger charge is 2.39. The Morgan fingerprint density at radius 1 is 1.36 bits per heavy atom. The highest BCUT2D eigenvalue weighted by molar-refractivity contribution is 4.86. The van der Waals surface area contributed by atoms with Crippen molar-refractivity contribution in [1.29, 1.82) is 0 Å². The zero-order valence-corrected chi connectivity index (χ0v) is 7.42. The molecule has 0 saturated carbocycles. The first-order valence-corrected chi connectivity index (χ1v) is 4.66. The van der Waals surface area contributed by atoms with Crippen molar-refractivity contribution in [1.82, 2.24) is 4.90 Å². The Hall–Kier alpha value is -0.0800. The van der Waals surface area contributed by atoms with Crippen molar-refractivity contribution in [2.75, 3.05) is 13.2 Å². The molecular formula is C9H17NO. The van der Waals surface area contributed by atoms with Gasteiger partial charge in [0.2, 0.25) is 0 Å². The predicted octanol–water partition coefficient (Wildman–Crippen LogP) is 1.46. The van der Waals surface area contributed by atoms with E-state index in [0.717, 1.165) is 12.5 Å². The van der Waals surface area contributed by atoms with Gasteiger partial charge in [0.15, 0.2) is 0 Å². The largest absolute Gasteiger partial charge is 0.363 e. The molecule has 2 heteroatoms. The van der Waals surface area contributed by atoms with Gasteiger partial charge in [-0.15, -0.1) is 0 Å². The molecule has 11 heavy (non-hydrogen) atoms. The van der Waals surface area contributed by atoms with Crippen LogP contribution in [0, 0.1) is 5.92 Å². The first-order chi connectivity index (χ1) is 5.29. The molecule has 2 rings (SSSR count). The molecule has 64 valence electrons. The lowest BCUT2D eigenvalue weighted by atomic mass is 10.1. The Balaban J connectivity index is 2.03. The van der Waals surface area contributed by atoms with E-state index in [1.54, 1.807) is 0 Å². The average Bonchev–Trinajstić information content (AvgIpc) is 2.41. The summed E-state index contributed by atoms with van der Waals surface area (Å²) in [5.41, 5.74) is 0. The van der Waals surface area contributed by atoms with Crippen LogP contribution >= 0.6 is 0 Å². The normalized spacial score (nSPS) is 38.5. The maximum absolute atomic E-state index is 5.68. The summed E-state index contributed by atoms with van der Waals surface area (Å²) < 4.78 is 5.68. The van der Waals surface area contributed by atoms with Gasteiger partial charge in [-0.05, 0) is 26.7 Å². The average molecular weight is 155 g/mol. The molecule has 0 amide bonds. The molecule has 2 aliphatic rings. The second kappa shape index (κ2) is 2.76. The van der Waals surface area contributed by atoms with Crippen molar-refractivity contribution in [3.8, 4) is 0 Å². The van der Waals surface area contributed by atoms with Crippen LogP contribution in [0.5, 0.6) is 0 Å². The van der Waals surface area contributed by atoms with Crippen LogP contribution in [0.1, 0.15) is 26.7 Å². The van der Waals surface area contributed by atoms with Gasteiger partial charge in [-0.2, -0.15) is 0 Å². The van der Waals surface area contributed by atoms with Crippen molar-refractivity contribution in [3.05, 3.63) is 0 Å². The van der Waals surface area contributed by atoms with E-state index >= 15 is 0 Å². The zero-order chi connectivity index (χ0) is 7.84. The fraction of sp³-hybridized carbons (Fsp3) is 1.00. The molecule has 2 saturated heterocycles. The standard InChI is InChI=1S/C9H17NO/c1-7(2)10-5-3-8-4-6-11-9(8)10/h7-9H,3-6H2,1-2H3. The molecule has 0 radical (unpaired) electrons. The number of hydrogen-bond donors (Lipinski definition) is 0. The van der Waals surface area contributed by atoms with Crippen LogP contribution in [0.2, 0.25) is 0 Å². The summed E-state index contributed by atoms with van der Waals surface area (Å²) in [6.45, 7) is 6.74. The van der Waals surface area contributed by atoms with E-state index in [4.69, 9.17) is 4.74 Å². The molecule has 0 aromatic heterocycles. The Labute approximate surface area is 68.5 Å². The first kappa shape index (κ1) is 7.56. The summed E-state index contributed by atoms with van der Waals surface area (Å²) in [7, 11) is 0. The van der Waals surface area contributed by atoms with Gasteiger partial charge in [-0.3, -0.25) is 4.90 Å². The van der Waals surface area contributed by atoms with Gasteiger partial charge in [0.25, 0.3) is 0 Å². The fourth-order valence-electron chi connectivity index (χ4n) is 2.27. The Bertz CT molecular complexity index is 146. The van der Waals surface area contributed by atoms with Crippen LogP contribution in [-0.2, 0) is 4.74 Å². The van der Waals surface area contributed by atoms with Crippen LogP contribution in [0.15, 0.2) is 0 Å². The summed E-state index contributed by atoms with van der Waals surface area (Å²) in [5, 5.41) is 0. The maximum Gasteiger partial charge on any atom is 0.113 e. The molecule has 2 aliphatic heterocycles. The molecule has 0 aromatic carbocycles. The van der Waals surface area contributed by atoms with E-state index in [0.29, 0.717) is 12.3 Å². The third-order valence-corrected chi connectivity index (χ3v) is 2.93. The van der Waals surface area contributed by atoms with E-state index in [1.807, 2.05) is 0 Å². The molecule has 2 heterocycles. The second-order valence-corrected chi connectivity index (χ2v) is 3.93. The van der Waals surface area contributed by atoms with Gasteiger partial charge in [0.05, 0.1) is 0 Å². The molecule has 2 fully saturated rings. The van der Waals surface area contributed by atoms with Crippen molar-refractivity contribution in [2.24, 2.45) is 5.92 Å². The van der Waals surface area contributed by atoms with E-state index in [-0.39, 0.29) is 0 Å². The predicted molar refractivity (Wildman–Crippen MR) is 44.3 cm³/mol. The third kappa shape index (κ3) is 1.18. The Morgan fingerprint density at radius 2 is 2.18 bits per heavy atom. The molecule has 2 nitrogen and oxygen atoms in total. The van der Waals surface area contributed by atoms with Crippen molar-refractivity contribution in [2.45, 2.75) is 39.0 Å². The molecule has 2 unspecified atom stereocenters. The van der Waals surface area contributed by atoms with Gasteiger partial charge in [0.1, 0.15) is 6.23 Å². The summed E-state index contributed by atoms with van der Waals surface area (Å²) in [5.74, 6) is 0.845. The quantitative estimate of drug-likeness (QED) is 0.568. The third-order valence-electron chi connectivity index (χ3n) is 2.93. The summed E-state index contributed by atoms with van der Waals surface area (Å²) in [6.07, 6.45) is 3.10. The lowest BCUT2D eigenvalue weighted by Crippen LogP contribution is -2.37. The van der Waals surface area contributed by atoms with E-state index in [2.05, 4.69) is 18.7 Å². The summed E-state index contributed by atoms with van der Waals surface area (Å²) in [4.78, 5) is 2.48. The smallest absolute Gasteiger partial charge is 0.113 e. The van der Waals surface area contributed by atoms with Gasteiger partial charge >= 0.3 is 0 Å². The lowest BCUT2D eigenvalue weighted by molar-refractivity contribution is -0.0224. The SMILES string of the molecule is CC(C)N1CCC2CCOC21. The fourth-order valence-corrected chi connectivity index (χ4v) is 2.27. The molecule has 0 aliphatic carbocycles. The Kier molecular flexibility index (Phi) is 1.90. The molecule has 0 spiro atoms. The number of fused-ring (bicyclic) bond motifs is 1. The summed E-state index contributed by atoms with van der Waals surface area (Å²) >= 11 is 0.